The smallest absolute Gasteiger partial charge is 0.414 e. The van der Waals surface area contributed by atoms with E-state index >= 15 is 0 Å². The highest BCUT2D eigenvalue weighted by molar-refractivity contribution is 5.71. The summed E-state index contributed by atoms with van der Waals surface area (Å²) < 4.78 is 5.35. The Morgan fingerprint density at radius 3 is 2.80 bits per heavy atom. The molecule has 1 atom stereocenters. The van der Waals surface area contributed by atoms with Crippen molar-refractivity contribution in [3.63, 3.8) is 0 Å². The molecule has 1 fully saturated rings. The zero-order chi connectivity index (χ0) is 11.3. The van der Waals surface area contributed by atoms with Gasteiger partial charge in [-0.05, 0) is 19.8 Å². The molecule has 0 bridgehead atoms. The van der Waals surface area contributed by atoms with Gasteiger partial charge in [0.25, 0.3) is 0 Å². The molecule has 3 heteroatoms. The average Bonchev–Trinajstić information content (AvgIpc) is 2.49. The number of ether oxygens (including phenoxy) is 1. The lowest BCUT2D eigenvalue weighted by Crippen LogP contribution is -2.29. The van der Waals surface area contributed by atoms with Crippen molar-refractivity contribution in [3.05, 3.63) is 12.8 Å². The van der Waals surface area contributed by atoms with E-state index in [4.69, 9.17) is 4.74 Å². The Balaban J connectivity index is 2.34. The van der Waals surface area contributed by atoms with Gasteiger partial charge in [0.2, 0.25) is 0 Å². The fraction of sp³-hybridized carbons (Fsp3) is 0.750. The lowest BCUT2D eigenvalue weighted by molar-refractivity contribution is 0.0628. The molecule has 0 aromatic heterocycles. The Morgan fingerprint density at radius 1 is 1.53 bits per heavy atom. The van der Waals surface area contributed by atoms with Crippen molar-refractivity contribution in [2.75, 3.05) is 6.54 Å². The monoisotopic (exact) mass is 211 g/mol. The van der Waals surface area contributed by atoms with E-state index in [-0.39, 0.29) is 11.7 Å². The first kappa shape index (κ1) is 12.1. The maximum Gasteiger partial charge on any atom is 0.414 e. The van der Waals surface area contributed by atoms with Crippen molar-refractivity contribution < 1.29 is 9.53 Å². The summed E-state index contributed by atoms with van der Waals surface area (Å²) in [6.07, 6.45) is 7.07. The Morgan fingerprint density at radius 2 is 2.27 bits per heavy atom. The molecule has 0 saturated carbocycles. The summed E-state index contributed by atoms with van der Waals surface area (Å²) in [5.74, 6) is 0. The van der Waals surface area contributed by atoms with E-state index in [1.807, 2.05) is 6.92 Å². The van der Waals surface area contributed by atoms with Crippen LogP contribution in [-0.2, 0) is 4.74 Å². The minimum Gasteiger partial charge on any atom is -0.441 e. The van der Waals surface area contributed by atoms with Crippen LogP contribution in [0.2, 0.25) is 0 Å². The lowest BCUT2D eigenvalue weighted by Gasteiger charge is -2.20. The largest absolute Gasteiger partial charge is 0.441 e. The molecule has 3 nitrogen and oxygen atoms in total. The Hall–Kier alpha value is -0.990. The molecule has 0 aliphatic carbocycles. The standard InChI is InChI=1S/C12H21NO2/c1-4-6-7-8-9-12(3)10-13(5-2)11(14)15-12/h5H,2,4,6-10H2,1,3H3. The lowest BCUT2D eigenvalue weighted by atomic mass is 9.98. The van der Waals surface area contributed by atoms with Gasteiger partial charge in [-0.2, -0.15) is 0 Å². The molecule has 1 rings (SSSR count). The third kappa shape index (κ3) is 3.26. The van der Waals surface area contributed by atoms with Crippen molar-refractivity contribution in [2.24, 2.45) is 0 Å². The van der Waals surface area contributed by atoms with E-state index in [9.17, 15) is 4.79 Å². The van der Waals surface area contributed by atoms with Crippen LogP contribution in [-0.4, -0.2) is 23.1 Å². The van der Waals surface area contributed by atoms with Crippen molar-refractivity contribution in [2.45, 2.75) is 51.6 Å². The molecule has 86 valence electrons. The minimum absolute atomic E-state index is 0.261. The third-order valence-electron chi connectivity index (χ3n) is 2.85. The van der Waals surface area contributed by atoms with E-state index in [0.29, 0.717) is 6.54 Å². The number of amides is 1. The normalized spacial score (nSPS) is 25.5. The van der Waals surface area contributed by atoms with Crippen molar-refractivity contribution >= 4 is 6.09 Å². The first-order chi connectivity index (χ1) is 7.11. The van der Waals surface area contributed by atoms with Gasteiger partial charge >= 0.3 is 6.09 Å². The van der Waals surface area contributed by atoms with Gasteiger partial charge < -0.3 is 4.74 Å². The van der Waals surface area contributed by atoms with Gasteiger partial charge in [0.1, 0.15) is 5.60 Å². The minimum atomic E-state index is -0.307. The molecule has 1 amide bonds. The topological polar surface area (TPSA) is 29.5 Å². The number of rotatable bonds is 6. The number of cyclic esters (lactones) is 1. The molecule has 1 aliphatic rings. The van der Waals surface area contributed by atoms with Gasteiger partial charge in [-0.15, -0.1) is 0 Å². The van der Waals surface area contributed by atoms with Gasteiger partial charge in [-0.1, -0.05) is 32.8 Å². The van der Waals surface area contributed by atoms with E-state index in [1.165, 1.54) is 19.3 Å². The van der Waals surface area contributed by atoms with Crippen LogP contribution >= 0.6 is 0 Å². The van der Waals surface area contributed by atoms with Gasteiger partial charge in [0, 0.05) is 6.20 Å². The van der Waals surface area contributed by atoms with E-state index in [1.54, 1.807) is 11.1 Å². The number of hydrogen-bond acceptors (Lipinski definition) is 2. The van der Waals surface area contributed by atoms with E-state index in [0.717, 1.165) is 12.8 Å². The van der Waals surface area contributed by atoms with Gasteiger partial charge in [0.15, 0.2) is 0 Å². The highest BCUT2D eigenvalue weighted by Gasteiger charge is 2.39. The summed E-state index contributed by atoms with van der Waals surface area (Å²) in [6, 6.07) is 0. The predicted molar refractivity (Wildman–Crippen MR) is 60.5 cm³/mol. The number of hydrogen-bond donors (Lipinski definition) is 0. The molecule has 15 heavy (non-hydrogen) atoms. The molecule has 1 heterocycles. The maximum atomic E-state index is 11.3. The first-order valence-electron chi connectivity index (χ1n) is 5.73. The van der Waals surface area contributed by atoms with Crippen LogP contribution in [0.4, 0.5) is 4.79 Å². The molecule has 1 aliphatic heterocycles. The highest BCUT2D eigenvalue weighted by atomic mass is 16.6. The van der Waals surface area contributed by atoms with Crippen LogP contribution in [0.25, 0.3) is 0 Å². The van der Waals surface area contributed by atoms with Crippen LogP contribution in [0, 0.1) is 0 Å². The number of unbranched alkanes of at least 4 members (excludes halogenated alkanes) is 3. The molecule has 0 aromatic rings. The summed E-state index contributed by atoms with van der Waals surface area (Å²) in [6.45, 7) is 8.43. The second-order valence-electron chi connectivity index (χ2n) is 4.44. The molecule has 1 saturated heterocycles. The SMILES string of the molecule is C=CN1CC(C)(CCCCCC)OC1=O. The quantitative estimate of drug-likeness (QED) is 0.631. The summed E-state index contributed by atoms with van der Waals surface area (Å²) in [7, 11) is 0. The van der Waals surface area contributed by atoms with Crippen LogP contribution in [0.3, 0.4) is 0 Å². The van der Waals surface area contributed by atoms with Crippen LogP contribution in [0.1, 0.15) is 46.0 Å². The van der Waals surface area contributed by atoms with Crippen LogP contribution < -0.4 is 0 Å². The summed E-state index contributed by atoms with van der Waals surface area (Å²) in [4.78, 5) is 12.9. The van der Waals surface area contributed by atoms with E-state index in [2.05, 4.69) is 13.5 Å². The fourth-order valence-corrected chi connectivity index (χ4v) is 1.92. The number of nitrogens with zero attached hydrogens (tertiary/aromatic N) is 1. The van der Waals surface area contributed by atoms with Crippen molar-refractivity contribution in [1.82, 2.24) is 4.90 Å². The second kappa shape index (κ2) is 5.19. The molecule has 1 unspecified atom stereocenters. The fourth-order valence-electron chi connectivity index (χ4n) is 1.92. The molecule has 0 radical (unpaired) electrons. The molecular formula is C12H21NO2. The summed E-state index contributed by atoms with van der Waals surface area (Å²) >= 11 is 0. The Bertz CT molecular complexity index is 240. The number of carbonyl (C=O) groups is 1. The van der Waals surface area contributed by atoms with Crippen molar-refractivity contribution in [1.29, 1.82) is 0 Å². The van der Waals surface area contributed by atoms with Gasteiger partial charge in [-0.3, -0.25) is 4.90 Å². The van der Waals surface area contributed by atoms with E-state index < -0.39 is 0 Å². The molecule has 0 aromatic carbocycles. The Labute approximate surface area is 92.1 Å². The Kier molecular flexibility index (Phi) is 4.18. The predicted octanol–water partition coefficient (Wildman–Crippen LogP) is 3.31. The van der Waals surface area contributed by atoms with Crippen LogP contribution in [0.15, 0.2) is 12.8 Å². The first-order valence-corrected chi connectivity index (χ1v) is 5.73. The zero-order valence-corrected chi connectivity index (χ0v) is 9.79. The molecular weight excluding hydrogens is 190 g/mol. The number of carbonyl (C=O) groups excluding carboxylic acids is 1. The van der Waals surface area contributed by atoms with Gasteiger partial charge in [0.05, 0.1) is 6.54 Å². The average molecular weight is 211 g/mol. The third-order valence-corrected chi connectivity index (χ3v) is 2.85. The summed E-state index contributed by atoms with van der Waals surface area (Å²) in [5.41, 5.74) is -0.307. The maximum absolute atomic E-state index is 11.3. The molecule has 0 spiro atoms. The molecule has 0 N–H and O–H groups in total. The van der Waals surface area contributed by atoms with Crippen molar-refractivity contribution in [3.8, 4) is 0 Å². The van der Waals surface area contributed by atoms with Gasteiger partial charge in [-0.25, -0.2) is 4.79 Å². The highest BCUT2D eigenvalue weighted by Crippen LogP contribution is 2.27. The zero-order valence-electron chi connectivity index (χ0n) is 9.79. The van der Waals surface area contributed by atoms with Crippen LogP contribution in [0.5, 0.6) is 0 Å². The second-order valence-corrected chi connectivity index (χ2v) is 4.44. The summed E-state index contributed by atoms with van der Waals surface area (Å²) in [5, 5.41) is 0.